The molecule has 0 saturated carbocycles. The number of rotatable bonds is 3. The minimum absolute atomic E-state index is 0.392. The van der Waals surface area contributed by atoms with Crippen LogP contribution in [0.25, 0.3) is 0 Å². The number of benzene rings is 1. The Bertz CT molecular complexity index is 349. The summed E-state index contributed by atoms with van der Waals surface area (Å²) >= 11 is 0. The van der Waals surface area contributed by atoms with Crippen LogP contribution in [0.3, 0.4) is 0 Å². The number of ether oxygens (including phenoxy) is 1. The molecule has 0 amide bonds. The van der Waals surface area contributed by atoms with Crippen LogP contribution in [-0.2, 0) is 11.3 Å². The van der Waals surface area contributed by atoms with Crippen molar-refractivity contribution in [2.45, 2.75) is 13.5 Å². The summed E-state index contributed by atoms with van der Waals surface area (Å²) in [6.07, 6.45) is 0. The third-order valence-corrected chi connectivity index (χ3v) is 2.83. The van der Waals surface area contributed by atoms with Crippen molar-refractivity contribution in [3.63, 3.8) is 0 Å². The van der Waals surface area contributed by atoms with Crippen LogP contribution < -0.4 is 5.43 Å². The first-order valence-electron chi connectivity index (χ1n) is 5.61. The molecule has 88 valence electrons. The smallest absolute Gasteiger partial charge is 0.123 e. The van der Waals surface area contributed by atoms with E-state index in [4.69, 9.17) is 4.74 Å². The third kappa shape index (κ3) is 2.72. The van der Waals surface area contributed by atoms with Crippen LogP contribution in [0, 0.1) is 6.92 Å². The second-order valence-electron chi connectivity index (χ2n) is 4.02. The number of phenolic OH excluding ortho intramolecular Hbond substituents is 1. The maximum Gasteiger partial charge on any atom is 0.123 e. The lowest BCUT2D eigenvalue weighted by Crippen LogP contribution is -2.45. The lowest BCUT2D eigenvalue weighted by atomic mass is 10.1. The Kier molecular flexibility index (Phi) is 3.77. The molecule has 0 unspecified atom stereocenters. The van der Waals surface area contributed by atoms with Gasteiger partial charge in [0.05, 0.1) is 13.2 Å². The van der Waals surface area contributed by atoms with Crippen molar-refractivity contribution in [2.24, 2.45) is 0 Å². The van der Waals surface area contributed by atoms with Gasteiger partial charge in [0.15, 0.2) is 0 Å². The van der Waals surface area contributed by atoms with Crippen LogP contribution in [0.2, 0.25) is 0 Å². The van der Waals surface area contributed by atoms with Gasteiger partial charge in [-0.1, -0.05) is 18.2 Å². The number of hydrazine groups is 1. The van der Waals surface area contributed by atoms with E-state index in [0.717, 1.165) is 37.4 Å². The number of nitrogens with one attached hydrogen (secondary N) is 1. The van der Waals surface area contributed by atoms with Gasteiger partial charge in [-0.3, -0.25) is 5.43 Å². The quantitative estimate of drug-likeness (QED) is 0.802. The molecule has 4 heteroatoms. The number of aromatic hydroxyl groups is 1. The zero-order valence-electron chi connectivity index (χ0n) is 9.57. The van der Waals surface area contributed by atoms with Crippen molar-refractivity contribution in [3.8, 4) is 5.75 Å². The first kappa shape index (κ1) is 11.4. The van der Waals surface area contributed by atoms with E-state index in [-0.39, 0.29) is 0 Å². The fourth-order valence-corrected chi connectivity index (χ4v) is 1.78. The number of hydrogen-bond acceptors (Lipinski definition) is 4. The van der Waals surface area contributed by atoms with E-state index >= 15 is 0 Å². The standard InChI is InChI=1S/C12H18N2O2/c1-10-3-2-4-11(12(10)15)9-13-14-5-7-16-8-6-14/h2-4,13,15H,5-9H2,1H3. The Morgan fingerprint density at radius 3 is 2.88 bits per heavy atom. The first-order chi connectivity index (χ1) is 7.77. The van der Waals surface area contributed by atoms with Crippen molar-refractivity contribution in [3.05, 3.63) is 29.3 Å². The fourth-order valence-electron chi connectivity index (χ4n) is 1.78. The molecule has 0 aromatic heterocycles. The molecule has 1 aromatic rings. The third-order valence-electron chi connectivity index (χ3n) is 2.83. The Morgan fingerprint density at radius 1 is 1.38 bits per heavy atom. The molecule has 4 nitrogen and oxygen atoms in total. The van der Waals surface area contributed by atoms with Crippen LogP contribution >= 0.6 is 0 Å². The van der Waals surface area contributed by atoms with E-state index in [1.165, 1.54) is 0 Å². The molecule has 1 aliphatic rings. The van der Waals surface area contributed by atoms with Gasteiger partial charge in [0.25, 0.3) is 0 Å². The van der Waals surface area contributed by atoms with E-state index in [1.807, 2.05) is 25.1 Å². The van der Waals surface area contributed by atoms with Gasteiger partial charge in [0, 0.05) is 25.2 Å². The normalized spacial score (nSPS) is 17.6. The number of para-hydroxylation sites is 1. The van der Waals surface area contributed by atoms with Crippen LogP contribution in [0.1, 0.15) is 11.1 Å². The second-order valence-corrected chi connectivity index (χ2v) is 4.02. The number of nitrogens with zero attached hydrogens (tertiary/aromatic N) is 1. The number of morpholine rings is 1. The molecule has 1 aromatic carbocycles. The summed E-state index contributed by atoms with van der Waals surface area (Å²) in [5.74, 6) is 0.392. The molecular formula is C12H18N2O2. The lowest BCUT2D eigenvalue weighted by molar-refractivity contribution is 0.0104. The molecule has 2 rings (SSSR count). The van der Waals surface area contributed by atoms with Crippen LogP contribution in [0.5, 0.6) is 5.75 Å². The number of aryl methyl sites for hydroxylation is 1. The van der Waals surface area contributed by atoms with Gasteiger partial charge in [-0.25, -0.2) is 5.01 Å². The minimum atomic E-state index is 0.392. The molecular weight excluding hydrogens is 204 g/mol. The maximum absolute atomic E-state index is 9.84. The monoisotopic (exact) mass is 222 g/mol. The molecule has 1 fully saturated rings. The molecule has 0 spiro atoms. The Hall–Kier alpha value is -1.10. The highest BCUT2D eigenvalue weighted by molar-refractivity contribution is 5.39. The van der Waals surface area contributed by atoms with Gasteiger partial charge < -0.3 is 9.84 Å². The largest absolute Gasteiger partial charge is 0.507 e. The van der Waals surface area contributed by atoms with Crippen LogP contribution in [0.15, 0.2) is 18.2 Å². The maximum atomic E-state index is 9.84. The second kappa shape index (κ2) is 5.30. The van der Waals surface area contributed by atoms with Gasteiger partial charge in [0.1, 0.15) is 5.75 Å². The summed E-state index contributed by atoms with van der Waals surface area (Å²) in [5.41, 5.74) is 5.15. The lowest BCUT2D eigenvalue weighted by Gasteiger charge is -2.27. The summed E-state index contributed by atoms with van der Waals surface area (Å²) in [4.78, 5) is 0. The van der Waals surface area contributed by atoms with E-state index in [9.17, 15) is 5.11 Å². The predicted molar refractivity (Wildman–Crippen MR) is 62.1 cm³/mol. The highest BCUT2D eigenvalue weighted by Gasteiger charge is 2.10. The van der Waals surface area contributed by atoms with Gasteiger partial charge in [-0.2, -0.15) is 0 Å². The highest BCUT2D eigenvalue weighted by atomic mass is 16.5. The van der Waals surface area contributed by atoms with E-state index in [1.54, 1.807) is 0 Å². The Labute approximate surface area is 95.8 Å². The van der Waals surface area contributed by atoms with Crippen molar-refractivity contribution in [1.29, 1.82) is 0 Å². The van der Waals surface area contributed by atoms with Crippen molar-refractivity contribution < 1.29 is 9.84 Å². The van der Waals surface area contributed by atoms with Gasteiger partial charge in [0.2, 0.25) is 0 Å². The van der Waals surface area contributed by atoms with Crippen molar-refractivity contribution in [2.75, 3.05) is 26.3 Å². The average Bonchev–Trinajstić information content (AvgIpc) is 2.32. The Balaban J connectivity index is 1.91. The predicted octanol–water partition coefficient (Wildman–Crippen LogP) is 1.04. The topological polar surface area (TPSA) is 44.7 Å². The van der Waals surface area contributed by atoms with Crippen molar-refractivity contribution in [1.82, 2.24) is 10.4 Å². The molecule has 0 atom stereocenters. The van der Waals surface area contributed by atoms with Crippen LogP contribution in [-0.4, -0.2) is 36.4 Å². The highest BCUT2D eigenvalue weighted by Crippen LogP contribution is 2.21. The van der Waals surface area contributed by atoms with Gasteiger partial charge in [-0.05, 0) is 12.5 Å². The van der Waals surface area contributed by atoms with Gasteiger partial charge >= 0.3 is 0 Å². The molecule has 1 saturated heterocycles. The average molecular weight is 222 g/mol. The molecule has 1 heterocycles. The molecule has 0 aliphatic carbocycles. The zero-order valence-corrected chi connectivity index (χ0v) is 9.57. The molecule has 0 radical (unpaired) electrons. The summed E-state index contributed by atoms with van der Waals surface area (Å²) in [6.45, 7) is 5.90. The fraction of sp³-hybridized carbons (Fsp3) is 0.500. The van der Waals surface area contributed by atoms with E-state index in [0.29, 0.717) is 12.3 Å². The zero-order chi connectivity index (χ0) is 11.4. The molecule has 16 heavy (non-hydrogen) atoms. The summed E-state index contributed by atoms with van der Waals surface area (Å²) in [7, 11) is 0. The SMILES string of the molecule is Cc1cccc(CNN2CCOCC2)c1O. The number of hydrogen-bond donors (Lipinski definition) is 2. The minimum Gasteiger partial charge on any atom is -0.507 e. The van der Waals surface area contributed by atoms with E-state index in [2.05, 4.69) is 10.4 Å². The Morgan fingerprint density at radius 2 is 2.12 bits per heavy atom. The summed E-state index contributed by atoms with van der Waals surface area (Å²) in [6, 6.07) is 5.81. The molecule has 0 bridgehead atoms. The summed E-state index contributed by atoms with van der Waals surface area (Å²) < 4.78 is 5.26. The van der Waals surface area contributed by atoms with E-state index < -0.39 is 0 Å². The molecule has 2 N–H and O–H groups in total. The number of phenols is 1. The van der Waals surface area contributed by atoms with Gasteiger partial charge in [-0.15, -0.1) is 0 Å². The van der Waals surface area contributed by atoms with Crippen molar-refractivity contribution >= 4 is 0 Å². The first-order valence-corrected chi connectivity index (χ1v) is 5.61. The summed E-state index contributed by atoms with van der Waals surface area (Å²) in [5, 5.41) is 12.0. The molecule has 1 aliphatic heterocycles. The van der Waals surface area contributed by atoms with Crippen LogP contribution in [0.4, 0.5) is 0 Å².